The number of benzene rings is 2. The lowest BCUT2D eigenvalue weighted by atomic mass is 10.0. The summed E-state index contributed by atoms with van der Waals surface area (Å²) in [5.74, 6) is 0.904. The van der Waals surface area contributed by atoms with Crippen molar-refractivity contribution in [3.05, 3.63) is 58.1 Å². The Kier molecular flexibility index (Phi) is 3.11. The van der Waals surface area contributed by atoms with E-state index in [9.17, 15) is 0 Å². The molecule has 2 aromatic carbocycles. The van der Waals surface area contributed by atoms with Crippen molar-refractivity contribution in [1.82, 2.24) is 0 Å². The quantitative estimate of drug-likeness (QED) is 0.826. The number of fused-ring (bicyclic) bond motifs is 1. The number of rotatable bonds is 1. The van der Waals surface area contributed by atoms with Crippen molar-refractivity contribution in [3.8, 4) is 5.75 Å². The lowest BCUT2D eigenvalue weighted by molar-refractivity contribution is 0.209. The van der Waals surface area contributed by atoms with Gasteiger partial charge < -0.3 is 10.1 Å². The first-order valence-electron chi connectivity index (χ1n) is 6.41. The summed E-state index contributed by atoms with van der Waals surface area (Å²) in [4.78, 5) is 0. The molecule has 1 unspecified atom stereocenters. The second kappa shape index (κ2) is 4.78. The first-order valence-corrected chi connectivity index (χ1v) is 6.78. The van der Waals surface area contributed by atoms with E-state index in [1.165, 1.54) is 11.1 Å². The van der Waals surface area contributed by atoms with Gasteiger partial charge in [0.15, 0.2) is 0 Å². The van der Waals surface area contributed by atoms with Crippen molar-refractivity contribution < 1.29 is 4.74 Å². The van der Waals surface area contributed by atoms with Crippen molar-refractivity contribution >= 4 is 17.3 Å². The number of hydrogen-bond acceptors (Lipinski definition) is 2. The minimum Gasteiger partial charge on any atom is -0.481 e. The van der Waals surface area contributed by atoms with Gasteiger partial charge in [0, 0.05) is 5.02 Å². The summed E-state index contributed by atoms with van der Waals surface area (Å²) in [5, 5.41) is 4.14. The molecule has 1 heterocycles. The molecule has 0 amide bonds. The van der Waals surface area contributed by atoms with Crippen LogP contribution in [0.4, 0.5) is 5.69 Å². The molecule has 0 fully saturated rings. The van der Waals surface area contributed by atoms with E-state index in [1.807, 2.05) is 19.1 Å². The van der Waals surface area contributed by atoms with Crippen LogP contribution in [0.25, 0.3) is 0 Å². The van der Waals surface area contributed by atoms with Gasteiger partial charge in [-0.2, -0.15) is 0 Å². The number of ether oxygens (including phenoxy) is 1. The minimum absolute atomic E-state index is 0.0491. The Morgan fingerprint density at radius 2 is 1.89 bits per heavy atom. The molecule has 3 rings (SSSR count). The molecule has 1 N–H and O–H groups in total. The fraction of sp³-hybridized carbons (Fsp3) is 0.250. The van der Waals surface area contributed by atoms with Gasteiger partial charge in [-0.15, -0.1) is 0 Å². The van der Waals surface area contributed by atoms with Crippen LogP contribution < -0.4 is 10.1 Å². The van der Waals surface area contributed by atoms with Crippen molar-refractivity contribution in [2.24, 2.45) is 0 Å². The molecular weight excluding hydrogens is 258 g/mol. The van der Waals surface area contributed by atoms with Gasteiger partial charge in [-0.1, -0.05) is 41.4 Å². The number of hydrogen-bond donors (Lipinski definition) is 1. The molecule has 0 aliphatic carbocycles. The Balaban J connectivity index is 1.92. The molecule has 1 aliphatic rings. The van der Waals surface area contributed by atoms with Crippen LogP contribution in [0.1, 0.15) is 22.8 Å². The van der Waals surface area contributed by atoms with Gasteiger partial charge in [-0.3, -0.25) is 0 Å². The Morgan fingerprint density at radius 1 is 1.16 bits per heavy atom. The second-order valence-corrected chi connectivity index (χ2v) is 5.43. The van der Waals surface area contributed by atoms with E-state index in [0.717, 1.165) is 28.6 Å². The molecule has 19 heavy (non-hydrogen) atoms. The highest BCUT2D eigenvalue weighted by molar-refractivity contribution is 6.31. The number of aryl methyl sites for hydroxylation is 2. The van der Waals surface area contributed by atoms with Crippen LogP contribution in [-0.4, -0.2) is 6.54 Å². The highest BCUT2D eigenvalue weighted by Crippen LogP contribution is 2.38. The predicted molar refractivity (Wildman–Crippen MR) is 79.2 cm³/mol. The van der Waals surface area contributed by atoms with E-state index in [2.05, 4.69) is 36.5 Å². The Morgan fingerprint density at radius 3 is 2.63 bits per heavy atom. The van der Waals surface area contributed by atoms with Gasteiger partial charge >= 0.3 is 0 Å². The van der Waals surface area contributed by atoms with Crippen molar-refractivity contribution in [1.29, 1.82) is 0 Å². The van der Waals surface area contributed by atoms with E-state index in [-0.39, 0.29) is 6.10 Å². The molecule has 0 aromatic heterocycles. The summed E-state index contributed by atoms with van der Waals surface area (Å²) in [6.07, 6.45) is 0.0491. The molecule has 98 valence electrons. The third-order valence-corrected chi connectivity index (χ3v) is 3.64. The highest BCUT2D eigenvalue weighted by Gasteiger charge is 2.22. The third kappa shape index (κ3) is 2.41. The predicted octanol–water partition coefficient (Wildman–Crippen LogP) is 4.50. The van der Waals surface area contributed by atoms with Crippen molar-refractivity contribution in [2.75, 3.05) is 11.9 Å². The molecule has 1 atom stereocenters. The molecule has 0 radical (unpaired) electrons. The van der Waals surface area contributed by atoms with Crippen LogP contribution in [-0.2, 0) is 0 Å². The number of halogens is 1. The Bertz CT molecular complexity index is 607. The third-order valence-electron chi connectivity index (χ3n) is 3.43. The average Bonchev–Trinajstić information content (AvgIpc) is 2.39. The summed E-state index contributed by atoms with van der Waals surface area (Å²) in [6.45, 7) is 4.87. The normalized spacial score (nSPS) is 17.3. The summed E-state index contributed by atoms with van der Waals surface area (Å²) < 4.78 is 6.12. The summed E-state index contributed by atoms with van der Waals surface area (Å²) in [6, 6.07) is 12.3. The first-order chi connectivity index (χ1) is 9.13. The molecule has 0 bridgehead atoms. The van der Waals surface area contributed by atoms with Gasteiger partial charge in [-0.05, 0) is 37.1 Å². The zero-order valence-corrected chi connectivity index (χ0v) is 11.8. The van der Waals surface area contributed by atoms with Crippen LogP contribution in [0.5, 0.6) is 5.75 Å². The zero-order valence-electron chi connectivity index (χ0n) is 11.0. The van der Waals surface area contributed by atoms with E-state index < -0.39 is 0 Å². The Hall–Kier alpha value is -1.67. The second-order valence-electron chi connectivity index (χ2n) is 5.00. The minimum atomic E-state index is 0.0491. The lowest BCUT2D eigenvalue weighted by Gasteiger charge is -2.29. The highest BCUT2D eigenvalue weighted by atomic mass is 35.5. The molecule has 0 saturated heterocycles. The van der Waals surface area contributed by atoms with Crippen LogP contribution in [0.15, 0.2) is 36.4 Å². The summed E-state index contributed by atoms with van der Waals surface area (Å²) in [5.41, 5.74) is 4.49. The topological polar surface area (TPSA) is 21.3 Å². The SMILES string of the molecule is Cc1ccc(C2CNc3cc(Cl)cc(C)c3O2)cc1. The van der Waals surface area contributed by atoms with E-state index >= 15 is 0 Å². The molecular formula is C16H16ClNO. The molecule has 2 nitrogen and oxygen atoms in total. The summed E-state index contributed by atoms with van der Waals surface area (Å²) in [7, 11) is 0. The fourth-order valence-corrected chi connectivity index (χ4v) is 2.64. The lowest BCUT2D eigenvalue weighted by Crippen LogP contribution is -2.24. The van der Waals surface area contributed by atoms with Gasteiger partial charge in [-0.25, -0.2) is 0 Å². The maximum absolute atomic E-state index is 6.12. The van der Waals surface area contributed by atoms with Crippen LogP contribution in [0.2, 0.25) is 5.02 Å². The Labute approximate surface area is 118 Å². The van der Waals surface area contributed by atoms with E-state index in [0.29, 0.717) is 0 Å². The monoisotopic (exact) mass is 273 g/mol. The maximum Gasteiger partial charge on any atom is 0.146 e. The fourth-order valence-electron chi connectivity index (χ4n) is 2.37. The molecule has 0 saturated carbocycles. The van der Waals surface area contributed by atoms with Crippen molar-refractivity contribution in [3.63, 3.8) is 0 Å². The van der Waals surface area contributed by atoms with Gasteiger partial charge in [0.05, 0.1) is 12.2 Å². The smallest absolute Gasteiger partial charge is 0.146 e. The molecule has 2 aromatic rings. The van der Waals surface area contributed by atoms with Crippen LogP contribution in [0.3, 0.4) is 0 Å². The standard InChI is InChI=1S/C16H16ClNO/c1-10-3-5-12(6-4-10)15-9-18-14-8-13(17)7-11(2)16(14)19-15/h3-8,15,18H,9H2,1-2H3. The van der Waals surface area contributed by atoms with Crippen LogP contribution in [0, 0.1) is 13.8 Å². The van der Waals surface area contributed by atoms with Crippen LogP contribution >= 0.6 is 11.6 Å². The largest absolute Gasteiger partial charge is 0.481 e. The average molecular weight is 274 g/mol. The number of anilines is 1. The van der Waals surface area contributed by atoms with Crippen molar-refractivity contribution in [2.45, 2.75) is 20.0 Å². The molecule has 3 heteroatoms. The van der Waals surface area contributed by atoms with E-state index in [1.54, 1.807) is 0 Å². The van der Waals surface area contributed by atoms with E-state index in [4.69, 9.17) is 16.3 Å². The molecule has 1 aliphatic heterocycles. The first kappa shape index (κ1) is 12.4. The van der Waals surface area contributed by atoms with Gasteiger partial charge in [0.2, 0.25) is 0 Å². The summed E-state index contributed by atoms with van der Waals surface area (Å²) >= 11 is 6.06. The number of nitrogens with one attached hydrogen (secondary N) is 1. The molecule has 0 spiro atoms. The van der Waals surface area contributed by atoms with Gasteiger partial charge in [0.25, 0.3) is 0 Å². The maximum atomic E-state index is 6.12. The zero-order chi connectivity index (χ0) is 13.4. The van der Waals surface area contributed by atoms with Gasteiger partial charge in [0.1, 0.15) is 11.9 Å².